The first-order valence-corrected chi connectivity index (χ1v) is 5.78. The fourth-order valence-corrected chi connectivity index (χ4v) is 2.55. The number of hydrogen-bond acceptors (Lipinski definition) is 1. The van der Waals surface area contributed by atoms with Gasteiger partial charge in [0.05, 0.1) is 0 Å². The average Bonchev–Trinajstić information content (AvgIpc) is 2.66. The summed E-state index contributed by atoms with van der Waals surface area (Å²) in [6.45, 7) is 2.28. The van der Waals surface area contributed by atoms with Crippen molar-refractivity contribution in [2.45, 2.75) is 19.4 Å². The predicted molar refractivity (Wildman–Crippen MR) is 68.2 cm³/mol. The van der Waals surface area contributed by atoms with E-state index in [2.05, 4.69) is 66.4 Å². The normalized spacial score (nSPS) is 18.6. The highest BCUT2D eigenvalue weighted by molar-refractivity contribution is 5.70. The number of hydrogen-bond donors (Lipinski definition) is 0. The SMILES string of the molecule is C[C@H]1Cc2ccccc2N1c1ccccc1. The smallest absolute Gasteiger partial charge is 0.0446 e. The van der Waals surface area contributed by atoms with Crippen molar-refractivity contribution in [3.63, 3.8) is 0 Å². The third kappa shape index (κ3) is 1.40. The third-order valence-electron chi connectivity index (χ3n) is 3.24. The summed E-state index contributed by atoms with van der Waals surface area (Å²) in [4.78, 5) is 2.43. The van der Waals surface area contributed by atoms with Gasteiger partial charge in [-0.15, -0.1) is 0 Å². The lowest BCUT2D eigenvalue weighted by atomic mass is 10.1. The molecule has 2 aromatic carbocycles. The van der Waals surface area contributed by atoms with Gasteiger partial charge in [-0.3, -0.25) is 0 Å². The Morgan fingerprint density at radius 2 is 1.62 bits per heavy atom. The van der Waals surface area contributed by atoms with Crippen LogP contribution in [0.25, 0.3) is 0 Å². The van der Waals surface area contributed by atoms with E-state index in [1.807, 2.05) is 0 Å². The molecule has 0 bridgehead atoms. The molecule has 0 fully saturated rings. The molecule has 2 aromatic rings. The molecule has 1 heteroatoms. The Labute approximate surface area is 96.3 Å². The molecule has 1 nitrogen and oxygen atoms in total. The van der Waals surface area contributed by atoms with Crippen LogP contribution in [0.1, 0.15) is 12.5 Å². The lowest BCUT2D eigenvalue weighted by Crippen LogP contribution is -2.23. The van der Waals surface area contributed by atoms with Crippen molar-refractivity contribution in [3.05, 3.63) is 60.2 Å². The van der Waals surface area contributed by atoms with Gasteiger partial charge in [-0.1, -0.05) is 36.4 Å². The van der Waals surface area contributed by atoms with E-state index in [1.54, 1.807) is 0 Å². The van der Waals surface area contributed by atoms with Crippen LogP contribution in [0.4, 0.5) is 11.4 Å². The molecule has 1 aliphatic heterocycles. The van der Waals surface area contributed by atoms with Crippen molar-refractivity contribution in [2.24, 2.45) is 0 Å². The first-order valence-electron chi connectivity index (χ1n) is 5.78. The molecule has 1 aliphatic rings. The summed E-state index contributed by atoms with van der Waals surface area (Å²) in [7, 11) is 0. The minimum Gasteiger partial charge on any atom is -0.338 e. The van der Waals surface area contributed by atoms with E-state index < -0.39 is 0 Å². The van der Waals surface area contributed by atoms with E-state index in [0.29, 0.717) is 6.04 Å². The van der Waals surface area contributed by atoms with Crippen LogP contribution >= 0.6 is 0 Å². The third-order valence-corrected chi connectivity index (χ3v) is 3.24. The summed E-state index contributed by atoms with van der Waals surface area (Å²) in [5.41, 5.74) is 4.11. The molecule has 0 N–H and O–H groups in total. The molecule has 80 valence electrons. The van der Waals surface area contributed by atoms with E-state index in [-0.39, 0.29) is 0 Å². The standard InChI is InChI=1S/C15H15N/c1-12-11-13-7-5-6-10-15(13)16(12)14-8-3-2-4-9-14/h2-10,12H,11H2,1H3/t12-/m0/s1. The van der Waals surface area contributed by atoms with E-state index in [9.17, 15) is 0 Å². The van der Waals surface area contributed by atoms with Crippen molar-refractivity contribution in [1.29, 1.82) is 0 Å². The molecule has 3 rings (SSSR count). The van der Waals surface area contributed by atoms with Gasteiger partial charge in [0.25, 0.3) is 0 Å². The number of rotatable bonds is 1. The van der Waals surface area contributed by atoms with Gasteiger partial charge >= 0.3 is 0 Å². The highest BCUT2D eigenvalue weighted by Gasteiger charge is 2.26. The zero-order chi connectivity index (χ0) is 11.0. The molecule has 0 saturated carbocycles. The maximum absolute atomic E-state index is 2.43. The van der Waals surface area contributed by atoms with Crippen molar-refractivity contribution >= 4 is 11.4 Å². The topological polar surface area (TPSA) is 3.24 Å². The molecule has 0 spiro atoms. The van der Waals surface area contributed by atoms with Crippen molar-refractivity contribution in [2.75, 3.05) is 4.90 Å². The monoisotopic (exact) mass is 209 g/mol. The molecule has 16 heavy (non-hydrogen) atoms. The maximum Gasteiger partial charge on any atom is 0.0446 e. The summed E-state index contributed by atoms with van der Waals surface area (Å²) in [6, 6.07) is 19.9. The van der Waals surface area contributed by atoms with Crippen LogP contribution in [0, 0.1) is 0 Å². The van der Waals surface area contributed by atoms with Gasteiger partial charge in [0.1, 0.15) is 0 Å². The summed E-state index contributed by atoms with van der Waals surface area (Å²) in [5, 5.41) is 0. The first-order chi connectivity index (χ1) is 7.86. The van der Waals surface area contributed by atoms with Gasteiger partial charge < -0.3 is 4.90 Å². The molecule has 0 radical (unpaired) electrons. The lowest BCUT2D eigenvalue weighted by Gasteiger charge is -2.24. The molecule has 1 atom stereocenters. The quantitative estimate of drug-likeness (QED) is 0.691. The largest absolute Gasteiger partial charge is 0.338 e. The Kier molecular flexibility index (Phi) is 2.17. The summed E-state index contributed by atoms with van der Waals surface area (Å²) < 4.78 is 0. The fraction of sp³-hybridized carbons (Fsp3) is 0.200. The molecule has 1 heterocycles. The molecular formula is C15H15N. The van der Waals surface area contributed by atoms with Crippen molar-refractivity contribution in [1.82, 2.24) is 0 Å². The van der Waals surface area contributed by atoms with Crippen LogP contribution in [-0.4, -0.2) is 6.04 Å². The lowest BCUT2D eigenvalue weighted by molar-refractivity contribution is 0.759. The van der Waals surface area contributed by atoms with Crippen molar-refractivity contribution < 1.29 is 0 Å². The summed E-state index contributed by atoms with van der Waals surface area (Å²) in [5.74, 6) is 0. The summed E-state index contributed by atoms with van der Waals surface area (Å²) >= 11 is 0. The van der Waals surface area contributed by atoms with Gasteiger partial charge in [-0.05, 0) is 37.1 Å². The van der Waals surface area contributed by atoms with Gasteiger partial charge in [0.2, 0.25) is 0 Å². The fourth-order valence-electron chi connectivity index (χ4n) is 2.55. The Morgan fingerprint density at radius 3 is 2.44 bits per heavy atom. The first kappa shape index (κ1) is 9.46. The molecule has 0 aliphatic carbocycles. The minimum absolute atomic E-state index is 0.555. The van der Waals surface area contributed by atoms with E-state index >= 15 is 0 Å². The maximum atomic E-state index is 2.43. The van der Waals surface area contributed by atoms with Crippen LogP contribution in [-0.2, 0) is 6.42 Å². The zero-order valence-corrected chi connectivity index (χ0v) is 9.43. The van der Waals surface area contributed by atoms with Crippen LogP contribution in [0.5, 0.6) is 0 Å². The number of nitrogens with zero attached hydrogens (tertiary/aromatic N) is 1. The second-order valence-electron chi connectivity index (χ2n) is 4.39. The molecule has 0 aromatic heterocycles. The Morgan fingerprint density at radius 1 is 0.938 bits per heavy atom. The molecular weight excluding hydrogens is 194 g/mol. The summed E-state index contributed by atoms with van der Waals surface area (Å²) in [6.07, 6.45) is 1.14. The second kappa shape index (κ2) is 3.67. The number of anilines is 2. The zero-order valence-electron chi connectivity index (χ0n) is 9.43. The highest BCUT2D eigenvalue weighted by Crippen LogP contribution is 2.37. The average molecular weight is 209 g/mol. The number of fused-ring (bicyclic) bond motifs is 1. The van der Waals surface area contributed by atoms with E-state index in [0.717, 1.165) is 6.42 Å². The van der Waals surface area contributed by atoms with E-state index in [1.165, 1.54) is 16.9 Å². The number of para-hydroxylation sites is 2. The minimum atomic E-state index is 0.555. The highest BCUT2D eigenvalue weighted by atomic mass is 15.2. The second-order valence-corrected chi connectivity index (χ2v) is 4.39. The number of benzene rings is 2. The van der Waals surface area contributed by atoms with Crippen LogP contribution < -0.4 is 4.90 Å². The van der Waals surface area contributed by atoms with Crippen LogP contribution in [0.2, 0.25) is 0 Å². The Balaban J connectivity index is 2.09. The van der Waals surface area contributed by atoms with Gasteiger partial charge in [-0.25, -0.2) is 0 Å². The predicted octanol–water partition coefficient (Wildman–Crippen LogP) is 3.77. The van der Waals surface area contributed by atoms with Gasteiger partial charge in [0, 0.05) is 17.4 Å². The van der Waals surface area contributed by atoms with E-state index in [4.69, 9.17) is 0 Å². The van der Waals surface area contributed by atoms with Crippen LogP contribution in [0.3, 0.4) is 0 Å². The van der Waals surface area contributed by atoms with Crippen molar-refractivity contribution in [3.8, 4) is 0 Å². The Bertz CT molecular complexity index is 490. The van der Waals surface area contributed by atoms with Crippen LogP contribution in [0.15, 0.2) is 54.6 Å². The molecule has 0 saturated heterocycles. The molecule has 0 unspecified atom stereocenters. The van der Waals surface area contributed by atoms with Gasteiger partial charge in [0.15, 0.2) is 0 Å². The Hall–Kier alpha value is -1.76. The van der Waals surface area contributed by atoms with Gasteiger partial charge in [-0.2, -0.15) is 0 Å². The molecule has 0 amide bonds.